The Morgan fingerprint density at radius 3 is 1.74 bits per heavy atom. The van der Waals surface area contributed by atoms with Crippen LogP contribution >= 0.6 is 0 Å². The van der Waals surface area contributed by atoms with Crippen LogP contribution in [0.3, 0.4) is 0 Å². The Kier molecular flexibility index (Phi) is 8.53. The minimum absolute atomic E-state index is 0.0558. The van der Waals surface area contributed by atoms with Crippen molar-refractivity contribution in [3.05, 3.63) is 109 Å². The number of aliphatic hydroxyl groups excluding tert-OH is 1. The van der Waals surface area contributed by atoms with Crippen molar-refractivity contribution in [1.29, 1.82) is 0 Å². The number of aliphatic hydroxyl groups is 1. The molecule has 1 aromatic carbocycles. The van der Waals surface area contributed by atoms with Crippen LogP contribution in [0, 0.1) is 21.7 Å². The van der Waals surface area contributed by atoms with Gasteiger partial charge in [-0.25, -0.2) is 0 Å². The predicted octanol–water partition coefficient (Wildman–Crippen LogP) is 9.44. The number of ether oxygens (including phenoxy) is 1. The number of ketones is 1. The van der Waals surface area contributed by atoms with Crippen LogP contribution in [0.1, 0.15) is 88.6 Å². The third kappa shape index (κ3) is 6.77. The molecule has 2 heterocycles. The summed E-state index contributed by atoms with van der Waals surface area (Å²) in [5.41, 5.74) is 3.86. The Labute approximate surface area is 263 Å². The molecule has 1 radical (unpaired) electrons. The smallest absolute Gasteiger partial charge is 0.0530 e. The number of carbonyl (C=O) groups is 1. The maximum absolute atomic E-state index is 14.0. The van der Waals surface area contributed by atoms with Gasteiger partial charge in [-0.15, -0.1) is 0 Å². The maximum atomic E-state index is 14.0. The average Bonchev–Trinajstić information content (AvgIpc) is 2.88. The Hall–Kier alpha value is -2.67. The molecule has 3 nitrogen and oxygen atoms in total. The Balaban J connectivity index is 1.94. The first kappa shape index (κ1) is 32.2. The molecule has 4 heteroatoms. The monoisotopic (exact) mass is 681 g/mol. The van der Waals surface area contributed by atoms with Crippen molar-refractivity contribution in [3.8, 4) is 0 Å². The second kappa shape index (κ2) is 11.1. The summed E-state index contributed by atoms with van der Waals surface area (Å²) in [6, 6.07) is 9.90. The van der Waals surface area contributed by atoms with Crippen LogP contribution in [0.5, 0.6) is 0 Å². The van der Waals surface area contributed by atoms with Crippen LogP contribution in [0.2, 0.25) is 0 Å². The second-order valence-corrected chi connectivity index (χ2v) is 18.6. The summed E-state index contributed by atoms with van der Waals surface area (Å²) in [5.74, 6) is 1.60. The van der Waals surface area contributed by atoms with E-state index >= 15 is 0 Å². The predicted molar refractivity (Wildman–Crippen MR) is 178 cm³/mol. The van der Waals surface area contributed by atoms with Crippen LogP contribution in [-0.2, 0) is 9.53 Å². The molecule has 1 aliphatic carbocycles. The average molecular weight is 679 g/mol. The van der Waals surface area contributed by atoms with E-state index in [1.807, 2.05) is 48.6 Å². The van der Waals surface area contributed by atoms with Gasteiger partial charge in [0.1, 0.15) is 0 Å². The van der Waals surface area contributed by atoms with Crippen molar-refractivity contribution in [3.63, 3.8) is 0 Å². The van der Waals surface area contributed by atoms with E-state index in [4.69, 9.17) is 4.74 Å². The van der Waals surface area contributed by atoms with Crippen LogP contribution in [-0.4, -0.2) is 34.9 Å². The number of hydrogen-bond acceptors (Lipinski definition) is 3. The fraction of sp³-hybridized carbons (Fsp3) is 0.421. The van der Waals surface area contributed by atoms with Gasteiger partial charge in [0, 0.05) is 0 Å². The normalized spacial score (nSPS) is 19.4. The molecule has 0 amide bonds. The van der Waals surface area contributed by atoms with Crippen molar-refractivity contribution < 1.29 is 14.6 Å². The third-order valence-electron chi connectivity index (χ3n) is 7.44. The molecule has 1 aromatic rings. The van der Waals surface area contributed by atoms with Gasteiger partial charge in [0.05, 0.1) is 0 Å². The minimum atomic E-state index is -0.482. The molecule has 4 rings (SSSR count). The molecule has 0 bridgehead atoms. The van der Waals surface area contributed by atoms with E-state index < -0.39 is 20.5 Å². The van der Waals surface area contributed by atoms with Gasteiger partial charge in [0.15, 0.2) is 0 Å². The molecule has 0 atom stereocenters. The number of Topliss-reactive ketones (excluding diaryl/α,β-unsaturated/α-hetero) is 1. The Morgan fingerprint density at radius 1 is 0.738 bits per heavy atom. The number of rotatable bonds is 3. The zero-order chi connectivity index (χ0) is 31.4. The molecule has 0 spiro atoms. The first-order chi connectivity index (χ1) is 19.2. The number of carbonyl (C=O) groups excluding carboxylic acids is 1. The van der Waals surface area contributed by atoms with Crippen LogP contribution in [0.15, 0.2) is 104 Å². The SMILES string of the molecule is CC(C)(C)C1=CC(=C(C2=C(O)C(=CC3=CC(C(C)(C)C)=[Te]C(C(C)(C)C)=C3)C2=O)c2ccccc2)C=C(C(C)(C)C)O1. The summed E-state index contributed by atoms with van der Waals surface area (Å²) in [6.45, 7) is 26.3. The summed E-state index contributed by atoms with van der Waals surface area (Å²) in [5, 5.41) is 11.6. The zero-order valence-electron chi connectivity index (χ0n) is 27.4. The van der Waals surface area contributed by atoms with Crippen LogP contribution in [0.25, 0.3) is 5.57 Å². The van der Waals surface area contributed by atoms with Crippen molar-refractivity contribution in [2.45, 2.75) is 83.1 Å². The van der Waals surface area contributed by atoms with E-state index in [9.17, 15) is 9.90 Å². The topological polar surface area (TPSA) is 46.5 Å². The summed E-state index contributed by atoms with van der Waals surface area (Å²) in [6.07, 6.45) is 10.4. The van der Waals surface area contributed by atoms with Crippen LogP contribution in [0.4, 0.5) is 0 Å². The number of benzene rings is 1. The van der Waals surface area contributed by atoms with Crippen molar-refractivity contribution in [1.82, 2.24) is 0 Å². The van der Waals surface area contributed by atoms with Gasteiger partial charge in [-0.3, -0.25) is 0 Å². The molecule has 0 aromatic heterocycles. The standard InChI is InChI=1S/C38H47O3Te/c1-35(2,3)27-21-25(22-28(41-27)36(4,5)6)31(24-16-14-13-15-17-24)32-33(39)26(34(32)40)18-23-19-29(37(7,8)9)42-30(20-23)38(10,11)12/h13-22,39H,1-12H3. The van der Waals surface area contributed by atoms with Gasteiger partial charge >= 0.3 is 223 Å². The molecular formula is C38H47O3Te. The van der Waals surface area contributed by atoms with Gasteiger partial charge in [-0.1, -0.05) is 41.5 Å². The van der Waals surface area contributed by atoms with Gasteiger partial charge in [-0.2, -0.15) is 0 Å². The van der Waals surface area contributed by atoms with Gasteiger partial charge in [-0.05, 0) is 0 Å². The molecule has 1 N–H and O–H groups in total. The fourth-order valence-electron chi connectivity index (χ4n) is 4.74. The van der Waals surface area contributed by atoms with Crippen molar-refractivity contribution in [2.75, 3.05) is 0 Å². The summed E-state index contributed by atoms with van der Waals surface area (Å²) in [4.78, 5) is 14.0. The van der Waals surface area contributed by atoms with Crippen LogP contribution < -0.4 is 0 Å². The fourth-order valence-corrected chi connectivity index (χ4v) is 8.28. The molecule has 2 aliphatic heterocycles. The molecule has 0 unspecified atom stereocenters. The Bertz CT molecular complexity index is 1510. The second-order valence-electron chi connectivity index (χ2n) is 15.5. The van der Waals surface area contributed by atoms with Gasteiger partial charge < -0.3 is 0 Å². The molecule has 0 fully saturated rings. The van der Waals surface area contributed by atoms with Gasteiger partial charge in [0.25, 0.3) is 0 Å². The third-order valence-corrected chi connectivity index (χ3v) is 12.9. The van der Waals surface area contributed by atoms with E-state index in [1.165, 1.54) is 7.17 Å². The minimum Gasteiger partial charge on any atom is -0.0530 e. The summed E-state index contributed by atoms with van der Waals surface area (Å²) >= 11 is -0.482. The number of hydrogen-bond donors (Lipinski definition) is 1. The van der Waals surface area contributed by atoms with E-state index in [0.29, 0.717) is 11.1 Å². The zero-order valence-corrected chi connectivity index (χ0v) is 29.8. The summed E-state index contributed by atoms with van der Waals surface area (Å²) < 4.78 is 9.32. The summed E-state index contributed by atoms with van der Waals surface area (Å²) in [7, 11) is 0. The molecule has 42 heavy (non-hydrogen) atoms. The first-order valence-electron chi connectivity index (χ1n) is 14.8. The van der Waals surface area contributed by atoms with Gasteiger partial charge in [0.2, 0.25) is 0 Å². The van der Waals surface area contributed by atoms with Crippen molar-refractivity contribution in [2.24, 2.45) is 21.7 Å². The van der Waals surface area contributed by atoms with E-state index in [2.05, 4.69) is 95.2 Å². The molecule has 3 aliphatic rings. The van der Waals surface area contributed by atoms with Crippen molar-refractivity contribution >= 4 is 35.4 Å². The van der Waals surface area contributed by atoms with E-state index in [0.717, 1.165) is 33.8 Å². The molecule has 223 valence electrons. The quantitative estimate of drug-likeness (QED) is 0.256. The van der Waals surface area contributed by atoms with E-state index in [-0.39, 0.29) is 33.2 Å². The van der Waals surface area contributed by atoms with E-state index in [1.54, 1.807) is 0 Å². The molecule has 0 saturated carbocycles. The number of allylic oxidation sites excluding steroid dienone is 13. The first-order valence-corrected chi connectivity index (χ1v) is 17.1. The molecule has 0 saturated heterocycles. The Morgan fingerprint density at radius 2 is 1.29 bits per heavy atom. The molecular weight excluding hydrogens is 632 g/mol.